The predicted molar refractivity (Wildman–Crippen MR) is 265 cm³/mol. The highest BCUT2D eigenvalue weighted by Gasteiger charge is 2.44. The number of nitrogens with one attached hydrogen (secondary N) is 1. The number of hydrogen-bond acceptors (Lipinski definition) is 10. The number of allylic oxidation sites excluding steroid dienone is 8. The normalized spacial score (nSPS) is 21.3. The molecule has 1 amide bonds. The van der Waals surface area contributed by atoms with Gasteiger partial charge in [0.15, 0.2) is 6.29 Å². The Morgan fingerprint density at radius 3 is 1.37 bits per heavy atom. The maximum absolute atomic E-state index is 13.1. The van der Waals surface area contributed by atoms with Crippen LogP contribution < -0.4 is 5.32 Å². The van der Waals surface area contributed by atoms with E-state index >= 15 is 0 Å². The molecule has 65 heavy (non-hydrogen) atoms. The fraction of sp³-hybridized carbons (Fsp3) is 0.833. The topological polar surface area (TPSA) is 189 Å². The molecule has 11 nitrogen and oxygen atoms in total. The molecule has 0 aromatic rings. The lowest BCUT2D eigenvalue weighted by molar-refractivity contribution is -0.303. The van der Waals surface area contributed by atoms with Crippen LogP contribution in [0.25, 0.3) is 0 Å². The molecule has 0 radical (unpaired) electrons. The Kier molecular flexibility index (Phi) is 40.7. The Morgan fingerprint density at radius 1 is 0.523 bits per heavy atom. The van der Waals surface area contributed by atoms with E-state index in [2.05, 4.69) is 67.8 Å². The Bertz CT molecular complexity index is 1190. The van der Waals surface area contributed by atoms with Crippen LogP contribution in [0.4, 0.5) is 0 Å². The number of carbonyl (C=O) groups excluding carboxylic acids is 1. The number of unbranched alkanes of at least 4 members (excludes halogenated alkanes) is 24. The third-order valence-corrected chi connectivity index (χ3v) is 12.6. The molecule has 1 saturated heterocycles. The molecule has 1 rings (SSSR count). The Hall–Kier alpha value is -1.93. The van der Waals surface area contributed by atoms with Crippen LogP contribution in [0, 0.1) is 0 Å². The average Bonchev–Trinajstić information content (AvgIpc) is 3.31. The van der Waals surface area contributed by atoms with E-state index in [0.717, 1.165) is 44.9 Å². The van der Waals surface area contributed by atoms with Gasteiger partial charge in [0.1, 0.15) is 36.6 Å². The van der Waals surface area contributed by atoms with Crippen molar-refractivity contribution >= 4 is 5.91 Å². The van der Waals surface area contributed by atoms with Crippen molar-refractivity contribution in [2.75, 3.05) is 13.2 Å². The van der Waals surface area contributed by atoms with Crippen LogP contribution in [-0.4, -0.2) is 110 Å². The molecular weight excluding hydrogens is 823 g/mol. The van der Waals surface area contributed by atoms with Crippen LogP contribution in [0.3, 0.4) is 0 Å². The number of carbonyl (C=O) groups is 1. The fourth-order valence-corrected chi connectivity index (χ4v) is 8.17. The van der Waals surface area contributed by atoms with Crippen LogP contribution in [0.5, 0.6) is 0 Å². The molecule has 1 aliphatic heterocycles. The predicted octanol–water partition coefficient (Wildman–Crippen LogP) is 10.1. The monoisotopic (exact) mass is 922 g/mol. The molecule has 9 atom stereocenters. The smallest absolute Gasteiger partial charge is 0.249 e. The molecule has 1 fully saturated rings. The summed E-state index contributed by atoms with van der Waals surface area (Å²) in [7, 11) is 0. The highest BCUT2D eigenvalue weighted by molar-refractivity contribution is 5.80. The first-order valence-corrected chi connectivity index (χ1v) is 26.5. The van der Waals surface area contributed by atoms with E-state index in [4.69, 9.17) is 9.47 Å². The molecule has 380 valence electrons. The lowest BCUT2D eigenvalue weighted by atomic mass is 9.98. The standard InChI is InChI=1S/C54H99NO10/c1-3-5-7-9-11-13-15-17-18-19-20-21-22-23-24-25-26-27-28-29-30-32-33-35-37-39-41-46(57)49(59)45(44-64-54-52(62)51(61)50(60)48(43-56)65-54)55-53(63)47(58)42-40-38-36-34-31-16-14-12-10-8-6-4-2/h24-25,28-29,31,33-35,45-52,54,56-62H,3-23,26-27,30,32,36-44H2,1-2H3,(H,55,63)/b25-24+,29-28+,34-31-,35-33+. The SMILES string of the molecule is CCCCCCCC/C=C\CCCCC(O)C(=O)NC(COC1OC(CO)C(O)C(O)C1O)C(O)C(O)CCC/C=C/CC/C=C/CC/C=C/CCCCCCCCCCCCCCC. The second kappa shape index (κ2) is 43.4. The van der Waals surface area contributed by atoms with Gasteiger partial charge in [-0.25, -0.2) is 0 Å². The van der Waals surface area contributed by atoms with E-state index in [1.807, 2.05) is 0 Å². The maximum atomic E-state index is 13.1. The lowest BCUT2D eigenvalue weighted by Gasteiger charge is -2.40. The number of ether oxygens (including phenoxy) is 2. The number of rotatable bonds is 44. The summed E-state index contributed by atoms with van der Waals surface area (Å²) < 4.78 is 11.1. The summed E-state index contributed by atoms with van der Waals surface area (Å²) in [4.78, 5) is 13.1. The van der Waals surface area contributed by atoms with Gasteiger partial charge in [0.05, 0.1) is 25.4 Å². The van der Waals surface area contributed by atoms with E-state index < -0.39 is 74.2 Å². The Morgan fingerprint density at radius 2 is 0.923 bits per heavy atom. The summed E-state index contributed by atoms with van der Waals surface area (Å²) in [5, 5.41) is 75.7. The Labute approximate surface area is 396 Å². The van der Waals surface area contributed by atoms with Crippen molar-refractivity contribution in [1.29, 1.82) is 0 Å². The van der Waals surface area contributed by atoms with E-state index in [1.165, 1.54) is 128 Å². The molecule has 0 aliphatic carbocycles. The number of amides is 1. The highest BCUT2D eigenvalue weighted by Crippen LogP contribution is 2.23. The zero-order valence-corrected chi connectivity index (χ0v) is 41.2. The highest BCUT2D eigenvalue weighted by atomic mass is 16.7. The maximum Gasteiger partial charge on any atom is 0.249 e. The van der Waals surface area contributed by atoms with Gasteiger partial charge in [-0.2, -0.15) is 0 Å². The molecule has 0 aromatic carbocycles. The quantitative estimate of drug-likeness (QED) is 0.0216. The minimum atomic E-state index is -1.68. The van der Waals surface area contributed by atoms with Gasteiger partial charge in [-0.1, -0.05) is 178 Å². The van der Waals surface area contributed by atoms with Crippen molar-refractivity contribution in [2.45, 2.75) is 274 Å². The largest absolute Gasteiger partial charge is 0.394 e. The van der Waals surface area contributed by atoms with Crippen molar-refractivity contribution in [3.8, 4) is 0 Å². The molecule has 11 heteroatoms. The summed E-state index contributed by atoms with van der Waals surface area (Å²) in [6.45, 7) is 3.40. The molecule has 0 aromatic heterocycles. The number of aliphatic hydroxyl groups is 7. The fourth-order valence-electron chi connectivity index (χ4n) is 8.17. The number of aliphatic hydroxyl groups excluding tert-OH is 7. The molecule has 0 spiro atoms. The van der Waals surface area contributed by atoms with Gasteiger partial charge in [0.2, 0.25) is 5.91 Å². The van der Waals surface area contributed by atoms with Crippen molar-refractivity contribution < 1.29 is 50.0 Å². The van der Waals surface area contributed by atoms with Crippen molar-refractivity contribution in [3.05, 3.63) is 48.6 Å². The second-order valence-electron chi connectivity index (χ2n) is 18.6. The molecule has 9 unspecified atom stereocenters. The van der Waals surface area contributed by atoms with E-state index in [1.54, 1.807) is 0 Å². The molecule has 8 N–H and O–H groups in total. The van der Waals surface area contributed by atoms with Gasteiger partial charge in [0, 0.05) is 0 Å². The Balaban J connectivity index is 2.38. The van der Waals surface area contributed by atoms with E-state index in [9.17, 15) is 40.5 Å². The third-order valence-electron chi connectivity index (χ3n) is 12.6. The van der Waals surface area contributed by atoms with Gasteiger partial charge < -0.3 is 50.5 Å². The van der Waals surface area contributed by atoms with E-state index in [0.29, 0.717) is 19.3 Å². The molecule has 1 aliphatic rings. The van der Waals surface area contributed by atoms with Crippen LogP contribution in [0.1, 0.15) is 219 Å². The zero-order valence-electron chi connectivity index (χ0n) is 41.2. The summed E-state index contributed by atoms with van der Waals surface area (Å²) in [6, 6.07) is -1.20. The first kappa shape index (κ1) is 61.1. The first-order chi connectivity index (χ1) is 31.7. The summed E-state index contributed by atoms with van der Waals surface area (Å²) >= 11 is 0. The van der Waals surface area contributed by atoms with Crippen LogP contribution in [-0.2, 0) is 14.3 Å². The summed E-state index contributed by atoms with van der Waals surface area (Å²) in [6.07, 6.45) is 41.8. The van der Waals surface area contributed by atoms with Gasteiger partial charge in [0.25, 0.3) is 0 Å². The summed E-state index contributed by atoms with van der Waals surface area (Å²) in [5.41, 5.74) is 0. The molecule has 1 heterocycles. The molecule has 0 bridgehead atoms. The van der Waals surface area contributed by atoms with Gasteiger partial charge in [-0.3, -0.25) is 4.79 Å². The van der Waals surface area contributed by atoms with Crippen LogP contribution in [0.2, 0.25) is 0 Å². The third kappa shape index (κ3) is 32.5. The van der Waals surface area contributed by atoms with Crippen LogP contribution >= 0.6 is 0 Å². The van der Waals surface area contributed by atoms with Crippen molar-refractivity contribution in [2.24, 2.45) is 0 Å². The van der Waals surface area contributed by atoms with Gasteiger partial charge in [-0.15, -0.1) is 0 Å². The summed E-state index contributed by atoms with van der Waals surface area (Å²) in [5.74, 6) is -0.731. The minimum absolute atomic E-state index is 0.217. The van der Waals surface area contributed by atoms with Gasteiger partial charge >= 0.3 is 0 Å². The van der Waals surface area contributed by atoms with Crippen LogP contribution in [0.15, 0.2) is 48.6 Å². The van der Waals surface area contributed by atoms with Gasteiger partial charge in [-0.05, 0) is 89.9 Å². The van der Waals surface area contributed by atoms with E-state index in [-0.39, 0.29) is 12.8 Å². The molecule has 0 saturated carbocycles. The zero-order chi connectivity index (χ0) is 47.6. The molecular formula is C54H99NO10. The first-order valence-electron chi connectivity index (χ1n) is 26.5. The van der Waals surface area contributed by atoms with Crippen molar-refractivity contribution in [3.63, 3.8) is 0 Å². The average molecular weight is 922 g/mol. The van der Waals surface area contributed by atoms with Crippen molar-refractivity contribution in [1.82, 2.24) is 5.32 Å². The lowest BCUT2D eigenvalue weighted by Crippen LogP contribution is -2.60. The number of hydrogen-bond donors (Lipinski definition) is 8. The minimum Gasteiger partial charge on any atom is -0.394 e. The second-order valence-corrected chi connectivity index (χ2v) is 18.6.